The molecule has 10 nitrogen and oxygen atoms in total. The Bertz CT molecular complexity index is 1120. The van der Waals surface area contributed by atoms with Crippen LogP contribution in [0.2, 0.25) is 0 Å². The van der Waals surface area contributed by atoms with Crippen LogP contribution >= 0.6 is 0 Å². The van der Waals surface area contributed by atoms with Gasteiger partial charge in [-0.25, -0.2) is 9.69 Å². The molecule has 2 aliphatic heterocycles. The Balaban J connectivity index is 1.76. The maximum atomic E-state index is 13.1. The highest BCUT2D eigenvalue weighted by Gasteiger charge is 2.37. The molecule has 160 valence electrons. The molecule has 4 amide bonds. The largest absolute Gasteiger partial charge is 0.496 e. The lowest BCUT2D eigenvalue weighted by atomic mass is 10.1. The topological polar surface area (TPSA) is 113 Å². The van der Waals surface area contributed by atoms with Crippen LogP contribution in [0.3, 0.4) is 0 Å². The lowest BCUT2D eigenvalue weighted by Crippen LogP contribution is -2.54. The van der Waals surface area contributed by atoms with E-state index >= 15 is 0 Å². The van der Waals surface area contributed by atoms with E-state index in [1.807, 2.05) is 0 Å². The van der Waals surface area contributed by atoms with Crippen LogP contribution in [0.1, 0.15) is 5.56 Å². The van der Waals surface area contributed by atoms with Crippen molar-refractivity contribution in [1.82, 2.24) is 5.32 Å². The number of amides is 4. The number of hydrogen-bond donors (Lipinski definition) is 1. The molecule has 0 atom stereocenters. The zero-order chi connectivity index (χ0) is 22.1. The molecular formula is C21H18N2O8. The van der Waals surface area contributed by atoms with Gasteiger partial charge in [-0.3, -0.25) is 14.9 Å². The molecular weight excluding hydrogens is 408 g/mol. The summed E-state index contributed by atoms with van der Waals surface area (Å²) in [6.07, 6.45) is 1.32. The molecule has 0 aliphatic carbocycles. The average molecular weight is 426 g/mol. The number of fused-ring (bicyclic) bond motifs is 1. The number of anilines is 1. The molecule has 1 saturated heterocycles. The first kappa shape index (κ1) is 20.1. The van der Waals surface area contributed by atoms with Crippen molar-refractivity contribution in [3.05, 3.63) is 41.5 Å². The molecule has 0 aromatic heterocycles. The maximum absolute atomic E-state index is 13.1. The number of urea groups is 1. The van der Waals surface area contributed by atoms with Crippen molar-refractivity contribution in [2.45, 2.75) is 0 Å². The number of hydrogen-bond acceptors (Lipinski definition) is 8. The van der Waals surface area contributed by atoms with Crippen molar-refractivity contribution in [2.75, 3.05) is 33.0 Å². The van der Waals surface area contributed by atoms with Gasteiger partial charge in [0, 0.05) is 17.7 Å². The molecule has 0 spiro atoms. The molecule has 2 aliphatic rings. The number of rotatable bonds is 5. The number of carbonyl (C=O) groups excluding carboxylic acids is 3. The van der Waals surface area contributed by atoms with E-state index in [0.29, 0.717) is 34.3 Å². The quantitative estimate of drug-likeness (QED) is 0.571. The number of nitrogens with one attached hydrogen (secondary N) is 1. The Kier molecular flexibility index (Phi) is 5.12. The van der Waals surface area contributed by atoms with Crippen molar-refractivity contribution in [1.29, 1.82) is 0 Å². The number of barbiturate groups is 1. The molecule has 4 rings (SSSR count). The van der Waals surface area contributed by atoms with Crippen LogP contribution in [0.15, 0.2) is 35.9 Å². The highest BCUT2D eigenvalue weighted by Crippen LogP contribution is 2.38. The van der Waals surface area contributed by atoms with E-state index in [4.69, 9.17) is 23.7 Å². The molecule has 0 bridgehead atoms. The van der Waals surface area contributed by atoms with Crippen molar-refractivity contribution < 1.29 is 38.1 Å². The summed E-state index contributed by atoms with van der Waals surface area (Å²) in [6, 6.07) is 6.85. The maximum Gasteiger partial charge on any atom is 0.335 e. The first-order chi connectivity index (χ1) is 15.0. The predicted octanol–water partition coefficient (Wildman–Crippen LogP) is 2.11. The van der Waals surface area contributed by atoms with Crippen LogP contribution in [0, 0.1) is 0 Å². The normalized spacial score (nSPS) is 16.4. The van der Waals surface area contributed by atoms with Crippen LogP contribution in [-0.4, -0.2) is 46.0 Å². The second-order valence-corrected chi connectivity index (χ2v) is 6.44. The summed E-state index contributed by atoms with van der Waals surface area (Å²) >= 11 is 0. The van der Waals surface area contributed by atoms with Gasteiger partial charge >= 0.3 is 6.03 Å². The van der Waals surface area contributed by atoms with Gasteiger partial charge in [-0.2, -0.15) is 0 Å². The summed E-state index contributed by atoms with van der Waals surface area (Å²) in [5.41, 5.74) is 0.353. The Morgan fingerprint density at radius 3 is 2.29 bits per heavy atom. The van der Waals surface area contributed by atoms with Gasteiger partial charge in [-0.1, -0.05) is 0 Å². The summed E-state index contributed by atoms with van der Waals surface area (Å²) in [5.74, 6) is 0.392. The molecule has 10 heteroatoms. The van der Waals surface area contributed by atoms with E-state index in [0.717, 1.165) is 4.90 Å². The van der Waals surface area contributed by atoms with Crippen molar-refractivity contribution in [2.24, 2.45) is 0 Å². The lowest BCUT2D eigenvalue weighted by molar-refractivity contribution is -0.122. The summed E-state index contributed by atoms with van der Waals surface area (Å²) < 4.78 is 26.4. The van der Waals surface area contributed by atoms with Gasteiger partial charge in [-0.15, -0.1) is 0 Å². The Labute approximate surface area is 176 Å². The number of ether oxygens (including phenoxy) is 5. The smallest absolute Gasteiger partial charge is 0.335 e. The molecule has 2 aromatic carbocycles. The van der Waals surface area contributed by atoms with E-state index in [2.05, 4.69) is 5.32 Å². The molecule has 1 fully saturated rings. The van der Waals surface area contributed by atoms with Crippen LogP contribution in [0.25, 0.3) is 6.08 Å². The van der Waals surface area contributed by atoms with Crippen LogP contribution in [0.4, 0.5) is 10.5 Å². The summed E-state index contributed by atoms with van der Waals surface area (Å²) in [4.78, 5) is 38.9. The van der Waals surface area contributed by atoms with Gasteiger partial charge < -0.3 is 23.7 Å². The Morgan fingerprint density at radius 1 is 0.903 bits per heavy atom. The minimum absolute atomic E-state index is 0.0433. The number of benzene rings is 2. The second-order valence-electron chi connectivity index (χ2n) is 6.44. The van der Waals surface area contributed by atoms with Gasteiger partial charge in [0.2, 0.25) is 6.79 Å². The van der Waals surface area contributed by atoms with Crippen LogP contribution < -0.4 is 33.9 Å². The fourth-order valence-electron chi connectivity index (χ4n) is 3.24. The molecule has 1 N–H and O–H groups in total. The number of carbonyl (C=O) groups is 3. The Morgan fingerprint density at radius 2 is 1.58 bits per heavy atom. The highest BCUT2D eigenvalue weighted by molar-refractivity contribution is 6.39. The molecule has 0 radical (unpaired) electrons. The molecule has 2 heterocycles. The van der Waals surface area contributed by atoms with Crippen molar-refractivity contribution in [3.63, 3.8) is 0 Å². The minimum atomic E-state index is -0.870. The lowest BCUT2D eigenvalue weighted by Gasteiger charge is -2.26. The third-order valence-electron chi connectivity index (χ3n) is 4.75. The van der Waals surface area contributed by atoms with Crippen LogP contribution in [-0.2, 0) is 9.59 Å². The van der Waals surface area contributed by atoms with E-state index in [1.165, 1.54) is 39.5 Å². The number of methoxy groups -OCH3 is 3. The summed E-state index contributed by atoms with van der Waals surface area (Å²) in [5, 5.41) is 2.18. The van der Waals surface area contributed by atoms with Gasteiger partial charge in [0.25, 0.3) is 11.8 Å². The number of imide groups is 2. The van der Waals surface area contributed by atoms with Gasteiger partial charge in [0.05, 0.1) is 27.0 Å². The first-order valence-electron chi connectivity index (χ1n) is 9.08. The molecule has 31 heavy (non-hydrogen) atoms. The SMILES string of the molecule is COc1cc(OC)c(OC)cc1/C=C1\C(=O)NC(=O)N(c2ccc3c(c2)OCO3)C1=O. The summed E-state index contributed by atoms with van der Waals surface area (Å²) in [6.45, 7) is 0.0433. The van der Waals surface area contributed by atoms with E-state index in [-0.39, 0.29) is 18.1 Å². The van der Waals surface area contributed by atoms with E-state index in [9.17, 15) is 14.4 Å². The zero-order valence-corrected chi connectivity index (χ0v) is 16.9. The number of nitrogens with zero attached hydrogens (tertiary/aromatic N) is 1. The monoisotopic (exact) mass is 426 g/mol. The molecule has 0 saturated carbocycles. The van der Waals surface area contributed by atoms with E-state index in [1.54, 1.807) is 18.2 Å². The van der Waals surface area contributed by atoms with Crippen molar-refractivity contribution in [3.8, 4) is 28.7 Å². The van der Waals surface area contributed by atoms with Crippen LogP contribution in [0.5, 0.6) is 28.7 Å². The fraction of sp³-hybridized carbons (Fsp3) is 0.190. The second kappa shape index (κ2) is 7.90. The standard InChI is InChI=1S/C21H18N2O8/c1-27-15-9-17(29-3)16(28-2)7-11(15)6-13-19(24)22-21(26)23(20(13)25)12-4-5-14-18(8-12)31-10-30-14/h4-9H,10H2,1-3H3,(H,22,24,26)/b13-6+. The molecule has 0 unspecified atom stereocenters. The average Bonchev–Trinajstić information content (AvgIpc) is 3.24. The third kappa shape index (κ3) is 3.48. The minimum Gasteiger partial charge on any atom is -0.496 e. The van der Waals surface area contributed by atoms with Gasteiger partial charge in [-0.05, 0) is 24.3 Å². The fourth-order valence-corrected chi connectivity index (χ4v) is 3.24. The van der Waals surface area contributed by atoms with E-state index < -0.39 is 17.8 Å². The van der Waals surface area contributed by atoms with Crippen molar-refractivity contribution >= 4 is 29.6 Å². The predicted molar refractivity (Wildman–Crippen MR) is 108 cm³/mol. The highest BCUT2D eigenvalue weighted by atomic mass is 16.7. The Hall–Kier alpha value is -4.21. The zero-order valence-electron chi connectivity index (χ0n) is 16.9. The molecule has 2 aromatic rings. The third-order valence-corrected chi connectivity index (χ3v) is 4.75. The van der Waals surface area contributed by atoms with Gasteiger partial charge in [0.1, 0.15) is 11.3 Å². The first-order valence-corrected chi connectivity index (χ1v) is 9.08. The summed E-state index contributed by atoms with van der Waals surface area (Å²) in [7, 11) is 4.37. The van der Waals surface area contributed by atoms with Gasteiger partial charge in [0.15, 0.2) is 23.0 Å².